The molecule has 1 heterocycles. The molecule has 0 aliphatic carbocycles. The number of amides is 3. The zero-order valence-electron chi connectivity index (χ0n) is 12.9. The fourth-order valence-corrected chi connectivity index (χ4v) is 3.06. The second-order valence-electron chi connectivity index (χ2n) is 5.81. The van der Waals surface area contributed by atoms with Crippen molar-refractivity contribution in [2.45, 2.75) is 19.0 Å². The van der Waals surface area contributed by atoms with E-state index >= 15 is 0 Å². The van der Waals surface area contributed by atoms with E-state index in [-0.39, 0.29) is 17.7 Å². The maximum Gasteiger partial charge on any atom is 0.325 e. The van der Waals surface area contributed by atoms with E-state index in [4.69, 9.17) is 0 Å². The predicted molar refractivity (Wildman–Crippen MR) is 86.9 cm³/mol. The highest BCUT2D eigenvalue weighted by atomic mass is 79.9. The van der Waals surface area contributed by atoms with Crippen molar-refractivity contribution in [3.8, 4) is 0 Å². The Morgan fingerprint density at radius 2 is 1.80 bits per heavy atom. The predicted octanol–water partition coefficient (Wildman–Crippen LogP) is 3.83. The molecule has 8 heteroatoms. The van der Waals surface area contributed by atoms with Gasteiger partial charge < -0.3 is 5.32 Å². The number of urea groups is 1. The maximum atomic E-state index is 14.1. The van der Waals surface area contributed by atoms with Gasteiger partial charge in [0.2, 0.25) is 0 Å². The summed E-state index contributed by atoms with van der Waals surface area (Å²) in [7, 11) is 0. The lowest BCUT2D eigenvalue weighted by atomic mass is 9.91. The molecule has 3 amide bonds. The van der Waals surface area contributed by atoms with Crippen LogP contribution in [0.25, 0.3) is 0 Å². The molecule has 1 unspecified atom stereocenters. The molecule has 25 heavy (non-hydrogen) atoms. The molecule has 1 saturated heterocycles. The third kappa shape index (κ3) is 3.02. The lowest BCUT2D eigenvalue weighted by Gasteiger charge is -2.23. The van der Waals surface area contributed by atoms with Crippen molar-refractivity contribution < 1.29 is 22.8 Å². The van der Waals surface area contributed by atoms with E-state index < -0.39 is 34.9 Å². The molecule has 0 saturated carbocycles. The topological polar surface area (TPSA) is 49.4 Å². The summed E-state index contributed by atoms with van der Waals surface area (Å²) in [6, 6.07) is 6.06. The van der Waals surface area contributed by atoms with Crippen molar-refractivity contribution in [3.05, 3.63) is 69.4 Å². The summed E-state index contributed by atoms with van der Waals surface area (Å²) < 4.78 is 42.0. The van der Waals surface area contributed by atoms with Crippen LogP contribution in [0, 0.1) is 17.5 Å². The average Bonchev–Trinajstić information content (AvgIpc) is 2.76. The van der Waals surface area contributed by atoms with Gasteiger partial charge >= 0.3 is 6.03 Å². The number of hydrogen-bond acceptors (Lipinski definition) is 2. The number of hydrogen-bond donors (Lipinski definition) is 1. The number of imide groups is 1. The van der Waals surface area contributed by atoms with Crippen molar-refractivity contribution in [2.24, 2.45) is 0 Å². The summed E-state index contributed by atoms with van der Waals surface area (Å²) in [5.41, 5.74) is -1.94. The van der Waals surface area contributed by atoms with Crippen molar-refractivity contribution in [2.75, 3.05) is 0 Å². The van der Waals surface area contributed by atoms with Gasteiger partial charge in [-0.15, -0.1) is 0 Å². The molecule has 1 aliphatic heterocycles. The van der Waals surface area contributed by atoms with Crippen LogP contribution in [-0.2, 0) is 16.9 Å². The van der Waals surface area contributed by atoms with Gasteiger partial charge in [0.1, 0.15) is 23.0 Å². The molecule has 0 radical (unpaired) electrons. The summed E-state index contributed by atoms with van der Waals surface area (Å²) >= 11 is 3.12. The first-order valence-electron chi connectivity index (χ1n) is 7.26. The largest absolute Gasteiger partial charge is 0.325 e. The number of halogens is 4. The van der Waals surface area contributed by atoms with Crippen LogP contribution in [0.3, 0.4) is 0 Å². The van der Waals surface area contributed by atoms with Crippen LogP contribution in [0.15, 0.2) is 40.9 Å². The minimum atomic E-state index is -1.77. The lowest BCUT2D eigenvalue weighted by molar-refractivity contribution is -0.131. The minimum Gasteiger partial charge on any atom is -0.319 e. The van der Waals surface area contributed by atoms with E-state index in [1.54, 1.807) is 6.07 Å². The molecule has 1 fully saturated rings. The normalized spacial score (nSPS) is 20.1. The van der Waals surface area contributed by atoms with Gasteiger partial charge in [-0.1, -0.05) is 22.0 Å². The van der Waals surface area contributed by atoms with Crippen LogP contribution in [0.2, 0.25) is 0 Å². The Kier molecular flexibility index (Phi) is 4.32. The van der Waals surface area contributed by atoms with Gasteiger partial charge in [0.05, 0.1) is 6.54 Å². The number of carbonyl (C=O) groups excluding carboxylic acids is 2. The third-order valence-electron chi connectivity index (χ3n) is 4.09. The molecular weight excluding hydrogens is 401 g/mol. The number of nitrogens with one attached hydrogen (secondary N) is 1. The Labute approximate surface area is 149 Å². The summed E-state index contributed by atoms with van der Waals surface area (Å²) in [5, 5.41) is 2.36. The van der Waals surface area contributed by atoms with Crippen molar-refractivity contribution >= 4 is 27.9 Å². The van der Waals surface area contributed by atoms with Crippen LogP contribution in [-0.4, -0.2) is 16.8 Å². The van der Waals surface area contributed by atoms with Crippen molar-refractivity contribution in [1.82, 2.24) is 10.2 Å². The zero-order chi connectivity index (χ0) is 18.4. The molecule has 2 aromatic rings. The van der Waals surface area contributed by atoms with Gasteiger partial charge in [-0.05, 0) is 37.3 Å². The van der Waals surface area contributed by atoms with E-state index in [0.717, 1.165) is 23.1 Å². The van der Waals surface area contributed by atoms with Gasteiger partial charge in [0, 0.05) is 15.6 Å². The summed E-state index contributed by atoms with van der Waals surface area (Å²) in [6.45, 7) is 0.958. The van der Waals surface area contributed by atoms with Gasteiger partial charge in [0.25, 0.3) is 5.91 Å². The Balaban J connectivity index is 1.95. The quantitative estimate of drug-likeness (QED) is 0.778. The van der Waals surface area contributed by atoms with Crippen LogP contribution >= 0.6 is 15.9 Å². The zero-order valence-corrected chi connectivity index (χ0v) is 14.5. The monoisotopic (exact) mass is 412 g/mol. The maximum absolute atomic E-state index is 14.1. The number of benzene rings is 2. The smallest absolute Gasteiger partial charge is 0.319 e. The second kappa shape index (κ2) is 6.18. The van der Waals surface area contributed by atoms with Gasteiger partial charge in [-0.2, -0.15) is 0 Å². The van der Waals surface area contributed by atoms with E-state index in [9.17, 15) is 22.8 Å². The molecule has 1 atom stereocenters. The van der Waals surface area contributed by atoms with E-state index in [2.05, 4.69) is 21.2 Å². The van der Waals surface area contributed by atoms with Crippen LogP contribution in [0.4, 0.5) is 18.0 Å². The second-order valence-corrected chi connectivity index (χ2v) is 6.72. The van der Waals surface area contributed by atoms with Gasteiger partial charge in [0.15, 0.2) is 0 Å². The molecule has 1 N–H and O–H groups in total. The molecule has 2 aromatic carbocycles. The Bertz CT molecular complexity index is 890. The number of rotatable bonds is 3. The van der Waals surface area contributed by atoms with Gasteiger partial charge in [-0.3, -0.25) is 9.69 Å². The fraction of sp³-hybridized carbons (Fsp3) is 0.176. The fourth-order valence-electron chi connectivity index (χ4n) is 2.72. The molecule has 3 rings (SSSR count). The van der Waals surface area contributed by atoms with E-state index in [0.29, 0.717) is 4.47 Å². The van der Waals surface area contributed by atoms with E-state index in [1.807, 2.05) is 0 Å². The molecular formula is C17H12BrF3N2O2. The number of carbonyl (C=O) groups is 2. The number of nitrogens with zero attached hydrogens (tertiary/aromatic N) is 1. The Hall–Kier alpha value is -2.35. The van der Waals surface area contributed by atoms with Crippen molar-refractivity contribution in [3.63, 3.8) is 0 Å². The van der Waals surface area contributed by atoms with E-state index in [1.165, 1.54) is 19.1 Å². The summed E-state index contributed by atoms with van der Waals surface area (Å²) in [4.78, 5) is 25.7. The summed E-state index contributed by atoms with van der Waals surface area (Å²) in [6.07, 6.45) is 0. The first-order valence-corrected chi connectivity index (χ1v) is 8.05. The standard InChI is InChI=1S/C17H12BrF3N2O2/c1-17(12-7-11(19)4-5-13(12)20)15(24)23(16(25)22-17)8-9-2-3-10(18)6-14(9)21/h2-7H,8H2,1H3,(H,22,25). The highest BCUT2D eigenvalue weighted by Crippen LogP contribution is 2.32. The minimum absolute atomic E-state index is 0.121. The molecule has 0 bridgehead atoms. The summed E-state index contributed by atoms with van der Waals surface area (Å²) in [5.74, 6) is -2.95. The van der Waals surface area contributed by atoms with Crippen molar-refractivity contribution in [1.29, 1.82) is 0 Å². The average molecular weight is 413 g/mol. The first kappa shape index (κ1) is 17.5. The third-order valence-corrected chi connectivity index (χ3v) is 4.58. The molecule has 0 aromatic heterocycles. The Morgan fingerprint density at radius 3 is 2.48 bits per heavy atom. The SMILES string of the molecule is CC1(c2cc(F)ccc2F)NC(=O)N(Cc2ccc(Br)cc2F)C1=O. The highest BCUT2D eigenvalue weighted by Gasteiger charge is 2.50. The molecule has 4 nitrogen and oxygen atoms in total. The molecule has 1 aliphatic rings. The Morgan fingerprint density at radius 1 is 1.08 bits per heavy atom. The highest BCUT2D eigenvalue weighted by molar-refractivity contribution is 9.10. The molecule has 130 valence electrons. The van der Waals surface area contributed by atoms with Crippen LogP contribution in [0.5, 0.6) is 0 Å². The first-order chi connectivity index (χ1) is 11.7. The lowest BCUT2D eigenvalue weighted by Crippen LogP contribution is -2.41. The van der Waals surface area contributed by atoms with Crippen LogP contribution in [0.1, 0.15) is 18.1 Å². The molecule has 0 spiro atoms. The van der Waals surface area contributed by atoms with Crippen LogP contribution < -0.4 is 5.32 Å². The van der Waals surface area contributed by atoms with Gasteiger partial charge in [-0.25, -0.2) is 18.0 Å².